The van der Waals surface area contributed by atoms with Gasteiger partial charge in [-0.25, -0.2) is 0 Å². The van der Waals surface area contributed by atoms with Gasteiger partial charge in [-0.3, -0.25) is 14.8 Å². The zero-order chi connectivity index (χ0) is 15.5. The maximum absolute atomic E-state index is 9.03. The van der Waals surface area contributed by atoms with Crippen LogP contribution in [0, 0.1) is 0 Å². The Kier molecular flexibility index (Phi) is 5.36. The molecular formula is C17H29N3O. The van der Waals surface area contributed by atoms with Crippen LogP contribution in [0.25, 0.3) is 0 Å². The molecule has 0 spiro atoms. The van der Waals surface area contributed by atoms with Crippen molar-refractivity contribution in [2.45, 2.75) is 45.7 Å². The van der Waals surface area contributed by atoms with Gasteiger partial charge in [0.05, 0.1) is 6.61 Å². The van der Waals surface area contributed by atoms with Crippen molar-refractivity contribution in [2.24, 2.45) is 0 Å². The minimum atomic E-state index is 0.113. The number of aliphatic hydroxyl groups is 1. The summed E-state index contributed by atoms with van der Waals surface area (Å²) in [6, 6.07) is 4.88. The fraction of sp³-hybridized carbons (Fsp3) is 0.706. The summed E-state index contributed by atoms with van der Waals surface area (Å²) in [7, 11) is 0. The van der Waals surface area contributed by atoms with E-state index in [1.165, 1.54) is 5.56 Å². The molecule has 0 aliphatic carbocycles. The lowest BCUT2D eigenvalue weighted by Crippen LogP contribution is -2.51. The number of rotatable bonds is 4. The van der Waals surface area contributed by atoms with Gasteiger partial charge in [0.25, 0.3) is 0 Å². The number of hydrogen-bond acceptors (Lipinski definition) is 4. The molecule has 4 nitrogen and oxygen atoms in total. The number of aliphatic hydroxyl groups excluding tert-OH is 1. The van der Waals surface area contributed by atoms with Crippen LogP contribution in [0.1, 0.15) is 39.0 Å². The molecule has 21 heavy (non-hydrogen) atoms. The van der Waals surface area contributed by atoms with Crippen LogP contribution in [0.4, 0.5) is 0 Å². The first-order chi connectivity index (χ1) is 9.90. The van der Waals surface area contributed by atoms with Crippen molar-refractivity contribution in [1.82, 2.24) is 14.8 Å². The van der Waals surface area contributed by atoms with Crippen molar-refractivity contribution < 1.29 is 5.11 Å². The van der Waals surface area contributed by atoms with Gasteiger partial charge in [0.2, 0.25) is 0 Å². The SMILES string of the molecule is C[C@H]1CN(CCO)CCN1Cc1ccc(C(C)(C)C)nc1. The molecule has 1 saturated heterocycles. The molecule has 1 aromatic heterocycles. The van der Waals surface area contributed by atoms with E-state index < -0.39 is 0 Å². The molecule has 0 radical (unpaired) electrons. The van der Waals surface area contributed by atoms with E-state index in [0.717, 1.165) is 38.4 Å². The van der Waals surface area contributed by atoms with Gasteiger partial charge in [-0.1, -0.05) is 26.8 Å². The highest BCUT2D eigenvalue weighted by molar-refractivity contribution is 5.19. The molecule has 118 valence electrons. The van der Waals surface area contributed by atoms with Gasteiger partial charge in [-0.15, -0.1) is 0 Å². The number of β-amino-alcohol motifs (C(OH)–C–C–N with tert-alkyl or cyclic N) is 1. The first-order valence-corrected chi connectivity index (χ1v) is 7.93. The number of pyridine rings is 1. The molecule has 1 aliphatic rings. The molecule has 2 rings (SSSR count). The van der Waals surface area contributed by atoms with E-state index in [0.29, 0.717) is 6.04 Å². The van der Waals surface area contributed by atoms with Gasteiger partial charge in [0.15, 0.2) is 0 Å². The fourth-order valence-electron chi connectivity index (χ4n) is 2.85. The molecule has 0 bridgehead atoms. The second-order valence-corrected chi connectivity index (χ2v) is 7.15. The standard InChI is InChI=1S/C17H29N3O/c1-14-12-19(9-10-21)7-8-20(14)13-15-5-6-16(18-11-15)17(2,3)4/h5-6,11,14,21H,7-10,12-13H2,1-4H3/t14-/m0/s1. The Balaban J connectivity index is 1.93. The molecule has 1 atom stereocenters. The van der Waals surface area contributed by atoms with Crippen molar-refractivity contribution in [1.29, 1.82) is 0 Å². The maximum Gasteiger partial charge on any atom is 0.0558 e. The molecule has 0 aromatic carbocycles. The summed E-state index contributed by atoms with van der Waals surface area (Å²) in [5, 5.41) is 9.03. The van der Waals surface area contributed by atoms with Crippen LogP contribution in [-0.2, 0) is 12.0 Å². The molecule has 0 amide bonds. The summed E-state index contributed by atoms with van der Waals surface area (Å²) in [6.07, 6.45) is 2.02. The van der Waals surface area contributed by atoms with Gasteiger partial charge >= 0.3 is 0 Å². The third-order valence-corrected chi connectivity index (χ3v) is 4.24. The Hall–Kier alpha value is -0.970. The number of hydrogen-bond donors (Lipinski definition) is 1. The van der Waals surface area contributed by atoms with E-state index in [4.69, 9.17) is 5.11 Å². The lowest BCUT2D eigenvalue weighted by atomic mass is 9.91. The Bertz CT molecular complexity index is 438. The minimum absolute atomic E-state index is 0.113. The summed E-state index contributed by atoms with van der Waals surface area (Å²) in [5.41, 5.74) is 2.54. The van der Waals surface area contributed by atoms with Crippen molar-refractivity contribution in [3.63, 3.8) is 0 Å². The van der Waals surface area contributed by atoms with Crippen molar-refractivity contribution in [3.8, 4) is 0 Å². The third kappa shape index (κ3) is 4.50. The molecular weight excluding hydrogens is 262 g/mol. The van der Waals surface area contributed by atoms with Crippen LogP contribution in [0.2, 0.25) is 0 Å². The molecule has 1 aromatic rings. The quantitative estimate of drug-likeness (QED) is 0.919. The second-order valence-electron chi connectivity index (χ2n) is 7.15. The average molecular weight is 291 g/mol. The fourth-order valence-corrected chi connectivity index (χ4v) is 2.85. The van der Waals surface area contributed by atoms with Crippen LogP contribution >= 0.6 is 0 Å². The topological polar surface area (TPSA) is 39.6 Å². The van der Waals surface area contributed by atoms with Crippen LogP contribution in [0.5, 0.6) is 0 Å². The van der Waals surface area contributed by atoms with Gasteiger partial charge in [0.1, 0.15) is 0 Å². The van der Waals surface area contributed by atoms with Crippen molar-refractivity contribution in [3.05, 3.63) is 29.6 Å². The van der Waals surface area contributed by atoms with E-state index >= 15 is 0 Å². The molecule has 2 heterocycles. The molecule has 1 aliphatic heterocycles. The van der Waals surface area contributed by atoms with Gasteiger partial charge in [-0.05, 0) is 18.6 Å². The highest BCUT2D eigenvalue weighted by Crippen LogP contribution is 2.20. The van der Waals surface area contributed by atoms with Gasteiger partial charge in [0, 0.05) is 56.1 Å². The number of aromatic nitrogens is 1. The van der Waals surface area contributed by atoms with E-state index in [-0.39, 0.29) is 12.0 Å². The molecule has 0 unspecified atom stereocenters. The smallest absolute Gasteiger partial charge is 0.0558 e. The summed E-state index contributed by atoms with van der Waals surface area (Å²) >= 11 is 0. The van der Waals surface area contributed by atoms with Gasteiger partial charge < -0.3 is 5.11 Å². The van der Waals surface area contributed by atoms with E-state index in [9.17, 15) is 0 Å². The normalized spacial score (nSPS) is 21.7. The molecule has 1 N–H and O–H groups in total. The Morgan fingerprint density at radius 3 is 2.57 bits per heavy atom. The minimum Gasteiger partial charge on any atom is -0.395 e. The van der Waals surface area contributed by atoms with E-state index in [1.807, 2.05) is 6.20 Å². The zero-order valence-corrected chi connectivity index (χ0v) is 13.8. The van der Waals surface area contributed by atoms with Crippen LogP contribution < -0.4 is 0 Å². The summed E-state index contributed by atoms with van der Waals surface area (Å²) in [6.45, 7) is 14.0. The third-order valence-electron chi connectivity index (χ3n) is 4.24. The number of nitrogens with zero attached hydrogens (tertiary/aromatic N) is 3. The van der Waals surface area contributed by atoms with E-state index in [2.05, 4.69) is 54.6 Å². The Morgan fingerprint density at radius 2 is 2.05 bits per heavy atom. The first kappa shape index (κ1) is 16.4. The highest BCUT2D eigenvalue weighted by Gasteiger charge is 2.23. The molecule has 4 heteroatoms. The molecule has 0 saturated carbocycles. The van der Waals surface area contributed by atoms with Crippen LogP contribution in [-0.4, -0.2) is 58.7 Å². The number of piperazine rings is 1. The largest absolute Gasteiger partial charge is 0.395 e. The predicted octanol–water partition coefficient (Wildman–Crippen LogP) is 1.88. The van der Waals surface area contributed by atoms with Crippen LogP contribution in [0.15, 0.2) is 18.3 Å². The average Bonchev–Trinajstić information content (AvgIpc) is 2.42. The lowest BCUT2D eigenvalue weighted by molar-refractivity contribution is 0.0663. The zero-order valence-electron chi connectivity index (χ0n) is 13.8. The monoisotopic (exact) mass is 291 g/mol. The lowest BCUT2D eigenvalue weighted by Gasteiger charge is -2.39. The van der Waals surface area contributed by atoms with Crippen molar-refractivity contribution in [2.75, 3.05) is 32.8 Å². The Labute approximate surface area is 128 Å². The summed E-state index contributed by atoms with van der Waals surface area (Å²) < 4.78 is 0. The molecule has 1 fully saturated rings. The Morgan fingerprint density at radius 1 is 1.29 bits per heavy atom. The van der Waals surface area contributed by atoms with Crippen molar-refractivity contribution >= 4 is 0 Å². The van der Waals surface area contributed by atoms with E-state index in [1.54, 1.807) is 0 Å². The predicted molar refractivity (Wildman–Crippen MR) is 86.3 cm³/mol. The van der Waals surface area contributed by atoms with Gasteiger partial charge in [-0.2, -0.15) is 0 Å². The second kappa shape index (κ2) is 6.86. The summed E-state index contributed by atoms with van der Waals surface area (Å²) in [4.78, 5) is 9.45. The van der Waals surface area contributed by atoms with Crippen LogP contribution in [0.3, 0.4) is 0 Å². The first-order valence-electron chi connectivity index (χ1n) is 7.93. The summed E-state index contributed by atoms with van der Waals surface area (Å²) in [5.74, 6) is 0. The highest BCUT2D eigenvalue weighted by atomic mass is 16.3. The maximum atomic E-state index is 9.03.